The SMILES string of the molecule is CCCCC(CCC1CC1)C(C)C(F)(F)F. The molecule has 0 aromatic heterocycles. The number of alkyl halides is 3. The summed E-state index contributed by atoms with van der Waals surface area (Å²) < 4.78 is 38.0. The van der Waals surface area contributed by atoms with E-state index in [9.17, 15) is 13.2 Å². The van der Waals surface area contributed by atoms with E-state index in [1.54, 1.807) is 0 Å². The van der Waals surface area contributed by atoms with Crippen molar-refractivity contribution in [1.29, 1.82) is 0 Å². The van der Waals surface area contributed by atoms with E-state index in [-0.39, 0.29) is 5.92 Å². The Labute approximate surface area is 96.6 Å². The average molecular weight is 236 g/mol. The summed E-state index contributed by atoms with van der Waals surface area (Å²) >= 11 is 0. The highest BCUT2D eigenvalue weighted by Gasteiger charge is 2.40. The number of hydrogen-bond acceptors (Lipinski definition) is 0. The summed E-state index contributed by atoms with van der Waals surface area (Å²) in [5.41, 5.74) is 0. The lowest BCUT2D eigenvalue weighted by Gasteiger charge is -2.26. The van der Waals surface area contributed by atoms with Gasteiger partial charge in [0.15, 0.2) is 0 Å². The molecule has 0 aliphatic heterocycles. The Bertz CT molecular complexity index is 194. The van der Waals surface area contributed by atoms with Crippen molar-refractivity contribution in [1.82, 2.24) is 0 Å². The zero-order chi connectivity index (χ0) is 12.2. The summed E-state index contributed by atoms with van der Waals surface area (Å²) in [5, 5.41) is 0. The molecule has 0 spiro atoms. The van der Waals surface area contributed by atoms with E-state index >= 15 is 0 Å². The van der Waals surface area contributed by atoms with Gasteiger partial charge in [-0.2, -0.15) is 13.2 Å². The van der Waals surface area contributed by atoms with Crippen LogP contribution in [0.15, 0.2) is 0 Å². The maximum absolute atomic E-state index is 12.7. The van der Waals surface area contributed by atoms with Crippen molar-refractivity contribution in [2.75, 3.05) is 0 Å². The highest BCUT2D eigenvalue weighted by molar-refractivity contribution is 4.78. The first-order valence-electron chi connectivity index (χ1n) is 6.51. The van der Waals surface area contributed by atoms with E-state index in [2.05, 4.69) is 0 Å². The fraction of sp³-hybridized carbons (Fsp3) is 1.00. The Balaban J connectivity index is 2.39. The van der Waals surface area contributed by atoms with E-state index < -0.39 is 12.1 Å². The minimum Gasteiger partial charge on any atom is -0.171 e. The highest BCUT2D eigenvalue weighted by atomic mass is 19.4. The maximum Gasteiger partial charge on any atom is 0.391 e. The molecular weight excluding hydrogens is 213 g/mol. The van der Waals surface area contributed by atoms with Crippen molar-refractivity contribution in [3.8, 4) is 0 Å². The molecule has 1 aliphatic rings. The van der Waals surface area contributed by atoms with Crippen LogP contribution < -0.4 is 0 Å². The van der Waals surface area contributed by atoms with Crippen LogP contribution >= 0.6 is 0 Å². The second-order valence-corrected chi connectivity index (χ2v) is 5.25. The summed E-state index contributed by atoms with van der Waals surface area (Å²) in [6.07, 6.45) is 2.90. The predicted octanol–water partition coefficient (Wildman–Crippen LogP) is 5.18. The van der Waals surface area contributed by atoms with Crippen molar-refractivity contribution in [2.45, 2.75) is 65.0 Å². The lowest BCUT2D eigenvalue weighted by atomic mass is 9.84. The molecule has 0 heterocycles. The summed E-state index contributed by atoms with van der Waals surface area (Å²) in [4.78, 5) is 0. The molecule has 0 bridgehead atoms. The average Bonchev–Trinajstić information content (AvgIpc) is 2.99. The van der Waals surface area contributed by atoms with Crippen LogP contribution in [0.4, 0.5) is 13.2 Å². The molecule has 3 heteroatoms. The largest absolute Gasteiger partial charge is 0.391 e. The summed E-state index contributed by atoms with van der Waals surface area (Å²) in [6.45, 7) is 3.39. The van der Waals surface area contributed by atoms with Gasteiger partial charge in [0, 0.05) is 0 Å². The van der Waals surface area contributed by atoms with E-state index in [1.165, 1.54) is 19.8 Å². The van der Waals surface area contributed by atoms with E-state index in [0.717, 1.165) is 38.0 Å². The quantitative estimate of drug-likeness (QED) is 0.571. The summed E-state index contributed by atoms with van der Waals surface area (Å²) in [5.74, 6) is -0.539. The Hall–Kier alpha value is -0.210. The van der Waals surface area contributed by atoms with Crippen LogP contribution in [0.25, 0.3) is 0 Å². The third kappa shape index (κ3) is 4.75. The Morgan fingerprint density at radius 1 is 1.19 bits per heavy atom. The number of unbranched alkanes of at least 4 members (excludes halogenated alkanes) is 1. The van der Waals surface area contributed by atoms with Gasteiger partial charge in [-0.05, 0) is 24.7 Å². The van der Waals surface area contributed by atoms with Crippen LogP contribution in [0.1, 0.15) is 58.8 Å². The van der Waals surface area contributed by atoms with E-state index in [0.29, 0.717) is 0 Å². The van der Waals surface area contributed by atoms with Crippen LogP contribution in [-0.4, -0.2) is 6.18 Å². The fourth-order valence-corrected chi connectivity index (χ4v) is 2.23. The summed E-state index contributed by atoms with van der Waals surface area (Å²) in [6, 6.07) is 0. The van der Waals surface area contributed by atoms with Gasteiger partial charge in [0.2, 0.25) is 0 Å². The van der Waals surface area contributed by atoms with Gasteiger partial charge in [0.1, 0.15) is 0 Å². The topological polar surface area (TPSA) is 0 Å². The van der Waals surface area contributed by atoms with E-state index in [1.807, 2.05) is 6.92 Å². The molecule has 2 unspecified atom stereocenters. The van der Waals surface area contributed by atoms with Gasteiger partial charge in [-0.25, -0.2) is 0 Å². The molecule has 0 aromatic rings. The molecule has 96 valence electrons. The molecule has 0 radical (unpaired) electrons. The van der Waals surface area contributed by atoms with Crippen molar-refractivity contribution in [3.05, 3.63) is 0 Å². The van der Waals surface area contributed by atoms with Crippen LogP contribution in [0.5, 0.6) is 0 Å². The Kier molecular flexibility index (Phi) is 5.13. The maximum atomic E-state index is 12.7. The molecule has 1 fully saturated rings. The monoisotopic (exact) mass is 236 g/mol. The molecule has 0 aromatic carbocycles. The Morgan fingerprint density at radius 2 is 1.81 bits per heavy atom. The first kappa shape index (κ1) is 13.9. The van der Waals surface area contributed by atoms with Gasteiger partial charge in [-0.15, -0.1) is 0 Å². The van der Waals surface area contributed by atoms with Crippen LogP contribution in [-0.2, 0) is 0 Å². The van der Waals surface area contributed by atoms with Crippen LogP contribution in [0.3, 0.4) is 0 Å². The van der Waals surface area contributed by atoms with Gasteiger partial charge in [0.05, 0.1) is 5.92 Å². The van der Waals surface area contributed by atoms with Crippen LogP contribution in [0, 0.1) is 17.8 Å². The zero-order valence-corrected chi connectivity index (χ0v) is 10.3. The molecule has 0 N–H and O–H groups in total. The normalized spacial score (nSPS) is 20.8. The predicted molar refractivity (Wildman–Crippen MR) is 60.2 cm³/mol. The number of halogens is 3. The van der Waals surface area contributed by atoms with Crippen molar-refractivity contribution < 1.29 is 13.2 Å². The first-order chi connectivity index (χ1) is 7.45. The minimum atomic E-state index is -4.01. The van der Waals surface area contributed by atoms with Crippen molar-refractivity contribution in [2.24, 2.45) is 17.8 Å². The molecule has 0 saturated heterocycles. The first-order valence-corrected chi connectivity index (χ1v) is 6.51. The number of rotatable bonds is 7. The smallest absolute Gasteiger partial charge is 0.171 e. The molecule has 0 amide bonds. The number of hydrogen-bond donors (Lipinski definition) is 0. The lowest BCUT2D eigenvalue weighted by molar-refractivity contribution is -0.185. The molecule has 0 nitrogen and oxygen atoms in total. The van der Waals surface area contributed by atoms with Gasteiger partial charge in [-0.1, -0.05) is 46.0 Å². The molecular formula is C13H23F3. The molecule has 1 aliphatic carbocycles. The Morgan fingerprint density at radius 3 is 2.25 bits per heavy atom. The highest BCUT2D eigenvalue weighted by Crippen LogP contribution is 2.40. The van der Waals surface area contributed by atoms with Gasteiger partial charge in [0.25, 0.3) is 0 Å². The van der Waals surface area contributed by atoms with E-state index in [4.69, 9.17) is 0 Å². The fourth-order valence-electron chi connectivity index (χ4n) is 2.23. The van der Waals surface area contributed by atoms with Crippen molar-refractivity contribution >= 4 is 0 Å². The van der Waals surface area contributed by atoms with Gasteiger partial charge < -0.3 is 0 Å². The summed E-state index contributed by atoms with van der Waals surface area (Å²) in [7, 11) is 0. The van der Waals surface area contributed by atoms with Crippen LogP contribution in [0.2, 0.25) is 0 Å². The van der Waals surface area contributed by atoms with Crippen molar-refractivity contribution in [3.63, 3.8) is 0 Å². The molecule has 1 rings (SSSR count). The zero-order valence-electron chi connectivity index (χ0n) is 10.3. The third-order valence-electron chi connectivity index (χ3n) is 3.79. The standard InChI is InChI=1S/C13H23F3/c1-3-4-5-12(9-8-11-6-7-11)10(2)13(14,15)16/h10-12H,3-9H2,1-2H3. The minimum absolute atomic E-state index is 0.152. The molecule has 2 atom stereocenters. The second-order valence-electron chi connectivity index (χ2n) is 5.25. The molecule has 1 saturated carbocycles. The van der Waals surface area contributed by atoms with Gasteiger partial charge in [-0.3, -0.25) is 0 Å². The molecule has 16 heavy (non-hydrogen) atoms. The third-order valence-corrected chi connectivity index (χ3v) is 3.79. The lowest BCUT2D eigenvalue weighted by Crippen LogP contribution is -2.28. The van der Waals surface area contributed by atoms with Gasteiger partial charge >= 0.3 is 6.18 Å². The second kappa shape index (κ2) is 5.92.